The largest absolute Gasteiger partial charge is 0.480 e. The number of nitrogens with one attached hydrogen (secondary N) is 2. The van der Waals surface area contributed by atoms with Gasteiger partial charge in [0.2, 0.25) is 0 Å². The molecule has 1 saturated carbocycles. The summed E-state index contributed by atoms with van der Waals surface area (Å²) < 4.78 is 0. The molecule has 2 amide bonds. The molecule has 1 heterocycles. The maximum atomic E-state index is 11.8. The number of carbonyl (C=O) groups excluding carboxylic acids is 1. The molecule has 0 saturated heterocycles. The molecule has 0 bridgehead atoms. The first-order valence-electron chi connectivity index (χ1n) is 5.41. The average Bonchev–Trinajstić information content (AvgIpc) is 2.92. The molecule has 0 radical (unpaired) electrons. The van der Waals surface area contributed by atoms with Gasteiger partial charge in [-0.3, -0.25) is 9.89 Å². The van der Waals surface area contributed by atoms with Crippen LogP contribution in [0.15, 0.2) is 12.4 Å². The van der Waals surface area contributed by atoms with Crippen LogP contribution in [0.5, 0.6) is 0 Å². The fourth-order valence-corrected chi connectivity index (χ4v) is 1.52. The van der Waals surface area contributed by atoms with Crippen LogP contribution in [-0.4, -0.2) is 45.3 Å². The van der Waals surface area contributed by atoms with Crippen LogP contribution in [0.25, 0.3) is 0 Å². The van der Waals surface area contributed by atoms with E-state index in [2.05, 4.69) is 15.5 Å². The van der Waals surface area contributed by atoms with Gasteiger partial charge in [0, 0.05) is 12.7 Å². The summed E-state index contributed by atoms with van der Waals surface area (Å²) in [6.45, 7) is 0.218. The van der Waals surface area contributed by atoms with Gasteiger partial charge in [-0.25, -0.2) is 4.79 Å². The van der Waals surface area contributed by atoms with Crippen molar-refractivity contribution in [2.45, 2.75) is 12.8 Å². The van der Waals surface area contributed by atoms with Gasteiger partial charge in [-0.2, -0.15) is 5.10 Å². The standard InChI is InChI=1S/C10H14N4O3/c15-9(16)6-14(5-7-1-2-7)10(17)13-8-3-11-12-4-8/h3-4,7H,1-2,5-6H2,(H,11,12)(H,13,17)(H,15,16). The molecule has 0 unspecified atom stereocenters. The van der Waals surface area contributed by atoms with Crippen molar-refractivity contribution in [2.24, 2.45) is 5.92 Å². The Bertz CT molecular complexity index is 400. The number of amides is 2. The molecule has 1 aliphatic carbocycles. The molecule has 0 atom stereocenters. The Morgan fingerprint density at radius 3 is 2.88 bits per heavy atom. The Morgan fingerprint density at radius 2 is 2.35 bits per heavy atom. The van der Waals surface area contributed by atoms with E-state index in [0.29, 0.717) is 18.2 Å². The summed E-state index contributed by atoms with van der Waals surface area (Å²) in [4.78, 5) is 23.8. The molecule has 1 aromatic heterocycles. The first-order valence-corrected chi connectivity index (χ1v) is 5.41. The Labute approximate surface area is 97.8 Å². The summed E-state index contributed by atoms with van der Waals surface area (Å²) in [5, 5.41) is 17.6. The third-order valence-electron chi connectivity index (χ3n) is 2.54. The highest BCUT2D eigenvalue weighted by molar-refractivity contribution is 5.91. The molecule has 1 fully saturated rings. The summed E-state index contributed by atoms with van der Waals surface area (Å²) in [5.41, 5.74) is 0.529. The number of H-pyrrole nitrogens is 1. The van der Waals surface area contributed by atoms with E-state index in [4.69, 9.17) is 5.11 Å². The summed E-state index contributed by atoms with van der Waals surface area (Å²) in [6, 6.07) is -0.402. The van der Waals surface area contributed by atoms with Crippen LogP contribution in [0.4, 0.5) is 10.5 Å². The van der Waals surface area contributed by atoms with Gasteiger partial charge in [0.25, 0.3) is 0 Å². The monoisotopic (exact) mass is 238 g/mol. The van der Waals surface area contributed by atoms with Crippen LogP contribution < -0.4 is 5.32 Å². The smallest absolute Gasteiger partial charge is 0.323 e. The van der Waals surface area contributed by atoms with Crippen molar-refractivity contribution >= 4 is 17.7 Å². The predicted molar refractivity (Wildman–Crippen MR) is 59.5 cm³/mol. The summed E-state index contributed by atoms with van der Waals surface area (Å²) in [5.74, 6) is -0.558. The highest BCUT2D eigenvalue weighted by Crippen LogP contribution is 2.29. The topological polar surface area (TPSA) is 98.3 Å². The molecule has 0 spiro atoms. The van der Waals surface area contributed by atoms with Crippen LogP contribution >= 0.6 is 0 Å². The molecule has 1 aliphatic rings. The van der Waals surface area contributed by atoms with Crippen molar-refractivity contribution in [3.8, 4) is 0 Å². The van der Waals surface area contributed by atoms with E-state index < -0.39 is 12.0 Å². The number of carboxylic acids is 1. The molecule has 17 heavy (non-hydrogen) atoms. The second kappa shape index (κ2) is 4.86. The molecular weight excluding hydrogens is 224 g/mol. The summed E-state index contributed by atoms with van der Waals surface area (Å²) >= 11 is 0. The van der Waals surface area contributed by atoms with Crippen LogP contribution in [0.3, 0.4) is 0 Å². The predicted octanol–water partition coefficient (Wildman–Crippen LogP) is 0.738. The van der Waals surface area contributed by atoms with Crippen molar-refractivity contribution in [1.29, 1.82) is 0 Å². The number of aliphatic carboxylic acids is 1. The van der Waals surface area contributed by atoms with Gasteiger partial charge in [-0.05, 0) is 18.8 Å². The SMILES string of the molecule is O=C(O)CN(CC1CC1)C(=O)Nc1cn[nH]c1. The Kier molecular flexibility index (Phi) is 3.27. The van der Waals surface area contributed by atoms with Crippen molar-refractivity contribution in [3.63, 3.8) is 0 Å². The third-order valence-corrected chi connectivity index (χ3v) is 2.54. The number of rotatable bonds is 5. The number of hydrogen-bond donors (Lipinski definition) is 3. The van der Waals surface area contributed by atoms with Gasteiger partial charge in [-0.15, -0.1) is 0 Å². The lowest BCUT2D eigenvalue weighted by molar-refractivity contribution is -0.137. The molecule has 1 aromatic rings. The van der Waals surface area contributed by atoms with Gasteiger partial charge >= 0.3 is 12.0 Å². The van der Waals surface area contributed by atoms with Crippen LogP contribution in [0, 0.1) is 5.92 Å². The number of aromatic amines is 1. The number of aromatic nitrogens is 2. The van der Waals surface area contributed by atoms with E-state index in [-0.39, 0.29) is 6.54 Å². The number of carbonyl (C=O) groups is 2. The van der Waals surface area contributed by atoms with Crippen LogP contribution in [-0.2, 0) is 4.79 Å². The van der Waals surface area contributed by atoms with E-state index in [9.17, 15) is 9.59 Å². The van der Waals surface area contributed by atoms with Crippen molar-refractivity contribution < 1.29 is 14.7 Å². The second-order valence-corrected chi connectivity index (χ2v) is 4.13. The van der Waals surface area contributed by atoms with E-state index in [1.54, 1.807) is 0 Å². The van der Waals surface area contributed by atoms with Gasteiger partial charge in [0.1, 0.15) is 6.54 Å². The maximum Gasteiger partial charge on any atom is 0.323 e. The number of anilines is 1. The molecule has 3 N–H and O–H groups in total. The Morgan fingerprint density at radius 1 is 1.59 bits per heavy atom. The summed E-state index contributed by atoms with van der Waals surface area (Å²) in [7, 11) is 0. The van der Waals surface area contributed by atoms with Crippen LogP contribution in [0.1, 0.15) is 12.8 Å². The molecule has 0 aromatic carbocycles. The number of carboxylic acid groups (broad SMARTS) is 1. The fraction of sp³-hybridized carbons (Fsp3) is 0.500. The number of urea groups is 1. The van der Waals surface area contributed by atoms with Gasteiger partial charge in [0.05, 0.1) is 11.9 Å². The minimum Gasteiger partial charge on any atom is -0.480 e. The minimum atomic E-state index is -1.01. The van der Waals surface area contributed by atoms with E-state index in [0.717, 1.165) is 12.8 Å². The zero-order valence-electron chi connectivity index (χ0n) is 9.22. The first kappa shape index (κ1) is 11.4. The third kappa shape index (κ3) is 3.47. The van der Waals surface area contributed by atoms with Gasteiger partial charge < -0.3 is 15.3 Å². The lowest BCUT2D eigenvalue weighted by Gasteiger charge is -2.20. The number of nitrogens with zero attached hydrogens (tertiary/aromatic N) is 2. The molecule has 7 nitrogen and oxygen atoms in total. The van der Waals surface area contributed by atoms with E-state index >= 15 is 0 Å². The van der Waals surface area contributed by atoms with Gasteiger partial charge in [0.15, 0.2) is 0 Å². The highest BCUT2D eigenvalue weighted by atomic mass is 16.4. The van der Waals surface area contributed by atoms with Crippen molar-refractivity contribution in [1.82, 2.24) is 15.1 Å². The minimum absolute atomic E-state index is 0.278. The maximum absolute atomic E-state index is 11.8. The van der Waals surface area contributed by atoms with E-state index in [1.165, 1.54) is 17.3 Å². The van der Waals surface area contributed by atoms with Crippen molar-refractivity contribution in [2.75, 3.05) is 18.4 Å². The molecule has 2 rings (SSSR count). The molecular formula is C10H14N4O3. The quantitative estimate of drug-likeness (QED) is 0.704. The zero-order valence-corrected chi connectivity index (χ0v) is 9.22. The average molecular weight is 238 g/mol. The lowest BCUT2D eigenvalue weighted by atomic mass is 10.3. The lowest BCUT2D eigenvalue weighted by Crippen LogP contribution is -2.40. The fourth-order valence-electron chi connectivity index (χ4n) is 1.52. The molecule has 92 valence electrons. The van der Waals surface area contributed by atoms with Crippen molar-refractivity contribution in [3.05, 3.63) is 12.4 Å². The normalized spacial score (nSPS) is 14.4. The Balaban J connectivity index is 1.93. The molecule has 0 aliphatic heterocycles. The number of hydrogen-bond acceptors (Lipinski definition) is 3. The summed E-state index contributed by atoms with van der Waals surface area (Å²) in [6.07, 6.45) is 5.13. The van der Waals surface area contributed by atoms with Crippen LogP contribution in [0.2, 0.25) is 0 Å². The second-order valence-electron chi connectivity index (χ2n) is 4.13. The molecule has 7 heteroatoms. The first-order chi connectivity index (χ1) is 8.15. The van der Waals surface area contributed by atoms with Gasteiger partial charge in [-0.1, -0.05) is 0 Å². The Hall–Kier alpha value is -2.05. The zero-order chi connectivity index (χ0) is 12.3. The highest BCUT2D eigenvalue weighted by Gasteiger charge is 2.28. The van der Waals surface area contributed by atoms with E-state index in [1.807, 2.05) is 0 Å².